The molecule has 132 valence electrons. The van der Waals surface area contributed by atoms with E-state index < -0.39 is 0 Å². The maximum atomic E-state index is 12.1. The second-order valence-corrected chi connectivity index (χ2v) is 7.24. The number of nitrogens with one attached hydrogen (secondary N) is 2. The number of hydrogen-bond acceptors (Lipinski definition) is 3. The molecule has 0 aromatic heterocycles. The fourth-order valence-corrected chi connectivity index (χ4v) is 3.62. The van der Waals surface area contributed by atoms with Crippen molar-refractivity contribution in [3.8, 4) is 0 Å². The van der Waals surface area contributed by atoms with Crippen LogP contribution < -0.4 is 10.6 Å². The van der Waals surface area contributed by atoms with Crippen LogP contribution in [0.2, 0.25) is 0 Å². The lowest BCUT2D eigenvalue weighted by molar-refractivity contribution is 0.0942. The molecular weight excluding hydrogens is 302 g/mol. The lowest BCUT2D eigenvalue weighted by Crippen LogP contribution is -2.60. The zero-order chi connectivity index (χ0) is 16.8. The summed E-state index contributed by atoms with van der Waals surface area (Å²) in [5.74, 6) is 0. The molecule has 0 unspecified atom stereocenters. The van der Waals surface area contributed by atoms with Crippen LogP contribution in [0, 0.1) is 0 Å². The first-order chi connectivity index (χ1) is 11.7. The zero-order valence-corrected chi connectivity index (χ0v) is 14.3. The third kappa shape index (κ3) is 4.48. The van der Waals surface area contributed by atoms with Crippen LogP contribution in [0.3, 0.4) is 0 Å². The van der Waals surface area contributed by atoms with Crippen LogP contribution >= 0.6 is 0 Å². The lowest BCUT2D eigenvalue weighted by atomic mass is 9.77. The molecule has 1 aromatic carbocycles. The monoisotopic (exact) mass is 331 g/mol. The standard InChI is InChI=1S/C19H29N3O2/c23-15-19(10-4-11-19)21-18(24)20-17-8-13-22(14-9-17)12-7-16-5-2-1-3-6-16/h1-3,5-6,17,23H,4,7-15H2,(H2,20,21,24). The van der Waals surface area contributed by atoms with Crippen LogP contribution in [0.5, 0.6) is 0 Å². The van der Waals surface area contributed by atoms with Gasteiger partial charge in [0.2, 0.25) is 0 Å². The van der Waals surface area contributed by atoms with Crippen molar-refractivity contribution < 1.29 is 9.90 Å². The van der Waals surface area contributed by atoms with Gasteiger partial charge in [-0.2, -0.15) is 0 Å². The van der Waals surface area contributed by atoms with Crippen molar-refractivity contribution in [2.45, 2.75) is 50.1 Å². The molecule has 24 heavy (non-hydrogen) atoms. The smallest absolute Gasteiger partial charge is 0.315 e. The highest BCUT2D eigenvalue weighted by atomic mass is 16.3. The number of carbonyl (C=O) groups is 1. The first kappa shape index (κ1) is 17.2. The molecule has 1 aromatic rings. The van der Waals surface area contributed by atoms with Crippen LogP contribution in [-0.4, -0.2) is 53.9 Å². The molecule has 1 aliphatic carbocycles. The van der Waals surface area contributed by atoms with Crippen LogP contribution in [0.15, 0.2) is 30.3 Å². The predicted octanol–water partition coefficient (Wildman–Crippen LogP) is 1.91. The fraction of sp³-hybridized carbons (Fsp3) is 0.632. The molecule has 2 amide bonds. The highest BCUT2D eigenvalue weighted by molar-refractivity contribution is 5.75. The topological polar surface area (TPSA) is 64.6 Å². The normalized spacial score (nSPS) is 21.0. The van der Waals surface area contributed by atoms with Gasteiger partial charge in [-0.15, -0.1) is 0 Å². The minimum atomic E-state index is -0.361. The summed E-state index contributed by atoms with van der Waals surface area (Å²) in [5, 5.41) is 15.5. The average Bonchev–Trinajstić information content (AvgIpc) is 2.58. The summed E-state index contributed by atoms with van der Waals surface area (Å²) in [5.41, 5.74) is 1.02. The minimum Gasteiger partial charge on any atom is -0.394 e. The first-order valence-corrected chi connectivity index (χ1v) is 9.15. The van der Waals surface area contributed by atoms with E-state index in [-0.39, 0.29) is 24.2 Å². The summed E-state index contributed by atoms with van der Waals surface area (Å²) in [6.07, 6.45) is 5.92. The van der Waals surface area contributed by atoms with Crippen molar-refractivity contribution in [1.82, 2.24) is 15.5 Å². The Kier molecular flexibility index (Phi) is 5.74. The molecular formula is C19H29N3O2. The molecule has 2 aliphatic rings. The molecule has 3 rings (SSSR count). The number of urea groups is 1. The number of piperidine rings is 1. The van der Waals surface area contributed by atoms with Crippen LogP contribution in [0.4, 0.5) is 4.79 Å². The Bertz CT molecular complexity index is 517. The van der Waals surface area contributed by atoms with Crippen molar-refractivity contribution in [2.24, 2.45) is 0 Å². The number of carbonyl (C=O) groups excluding carboxylic acids is 1. The highest BCUT2D eigenvalue weighted by Gasteiger charge is 2.38. The fourth-order valence-electron chi connectivity index (χ4n) is 3.62. The van der Waals surface area contributed by atoms with Crippen molar-refractivity contribution in [2.75, 3.05) is 26.2 Å². The van der Waals surface area contributed by atoms with Gasteiger partial charge in [-0.1, -0.05) is 30.3 Å². The van der Waals surface area contributed by atoms with E-state index in [9.17, 15) is 9.90 Å². The van der Waals surface area contributed by atoms with Gasteiger partial charge in [0, 0.05) is 25.7 Å². The minimum absolute atomic E-state index is 0.0400. The van der Waals surface area contributed by atoms with Gasteiger partial charge in [0.05, 0.1) is 12.1 Å². The average molecular weight is 331 g/mol. The van der Waals surface area contributed by atoms with Gasteiger partial charge in [0.15, 0.2) is 0 Å². The van der Waals surface area contributed by atoms with Gasteiger partial charge in [0.1, 0.15) is 0 Å². The second kappa shape index (κ2) is 7.99. The largest absolute Gasteiger partial charge is 0.394 e. The van der Waals surface area contributed by atoms with E-state index in [0.29, 0.717) is 0 Å². The predicted molar refractivity (Wildman–Crippen MR) is 94.9 cm³/mol. The molecule has 1 aliphatic heterocycles. The van der Waals surface area contributed by atoms with Gasteiger partial charge in [-0.3, -0.25) is 0 Å². The number of hydrogen-bond donors (Lipinski definition) is 3. The van der Waals surface area contributed by atoms with E-state index in [2.05, 4.69) is 45.9 Å². The number of rotatable bonds is 6. The van der Waals surface area contributed by atoms with E-state index in [4.69, 9.17) is 0 Å². The number of benzene rings is 1. The van der Waals surface area contributed by atoms with Gasteiger partial charge in [-0.25, -0.2) is 4.79 Å². The quantitative estimate of drug-likeness (QED) is 0.746. The molecule has 5 nitrogen and oxygen atoms in total. The van der Waals surface area contributed by atoms with E-state index >= 15 is 0 Å². The number of amides is 2. The maximum absolute atomic E-state index is 12.1. The van der Waals surface area contributed by atoms with E-state index in [1.54, 1.807) is 0 Å². The third-order valence-electron chi connectivity index (χ3n) is 5.47. The molecule has 3 N–H and O–H groups in total. The molecule has 1 saturated heterocycles. The molecule has 1 heterocycles. The van der Waals surface area contributed by atoms with E-state index in [1.165, 1.54) is 5.56 Å². The number of aliphatic hydroxyl groups excluding tert-OH is 1. The van der Waals surface area contributed by atoms with Crippen LogP contribution in [-0.2, 0) is 6.42 Å². The molecule has 0 spiro atoms. The molecule has 0 bridgehead atoms. The maximum Gasteiger partial charge on any atom is 0.315 e. The second-order valence-electron chi connectivity index (χ2n) is 7.24. The molecule has 2 fully saturated rings. The van der Waals surface area contributed by atoms with Gasteiger partial charge >= 0.3 is 6.03 Å². The summed E-state index contributed by atoms with van der Waals surface area (Å²) in [6.45, 7) is 3.18. The molecule has 5 heteroatoms. The van der Waals surface area contributed by atoms with Crippen molar-refractivity contribution in [1.29, 1.82) is 0 Å². The number of likely N-dealkylation sites (tertiary alicyclic amines) is 1. The van der Waals surface area contributed by atoms with Crippen LogP contribution in [0.25, 0.3) is 0 Å². The summed E-state index contributed by atoms with van der Waals surface area (Å²) in [7, 11) is 0. The van der Waals surface area contributed by atoms with Crippen molar-refractivity contribution in [3.05, 3.63) is 35.9 Å². The third-order valence-corrected chi connectivity index (χ3v) is 5.47. The van der Waals surface area contributed by atoms with Gasteiger partial charge in [0.25, 0.3) is 0 Å². The highest BCUT2D eigenvalue weighted by Crippen LogP contribution is 2.31. The Labute approximate surface area is 144 Å². The van der Waals surface area contributed by atoms with Crippen LogP contribution in [0.1, 0.15) is 37.7 Å². The number of nitrogens with zero attached hydrogens (tertiary/aromatic N) is 1. The lowest BCUT2D eigenvalue weighted by Gasteiger charge is -2.41. The first-order valence-electron chi connectivity index (χ1n) is 9.15. The Balaban J connectivity index is 1.35. The van der Waals surface area contributed by atoms with Crippen molar-refractivity contribution in [3.63, 3.8) is 0 Å². The van der Waals surface area contributed by atoms with Crippen molar-refractivity contribution >= 4 is 6.03 Å². The summed E-state index contributed by atoms with van der Waals surface area (Å²) in [4.78, 5) is 14.6. The summed E-state index contributed by atoms with van der Waals surface area (Å²) >= 11 is 0. The molecule has 0 atom stereocenters. The molecule has 1 saturated carbocycles. The Morgan fingerprint density at radius 1 is 1.21 bits per heavy atom. The van der Waals surface area contributed by atoms with Gasteiger partial charge < -0.3 is 20.6 Å². The number of aliphatic hydroxyl groups is 1. The Morgan fingerprint density at radius 2 is 1.92 bits per heavy atom. The van der Waals surface area contributed by atoms with E-state index in [1.807, 2.05) is 0 Å². The summed E-state index contributed by atoms with van der Waals surface area (Å²) < 4.78 is 0. The Morgan fingerprint density at radius 3 is 2.50 bits per heavy atom. The molecule has 0 radical (unpaired) electrons. The van der Waals surface area contributed by atoms with E-state index in [0.717, 1.165) is 58.2 Å². The van der Waals surface area contributed by atoms with Gasteiger partial charge in [-0.05, 0) is 44.1 Å². The zero-order valence-electron chi connectivity index (χ0n) is 14.3. The Hall–Kier alpha value is -1.59. The summed E-state index contributed by atoms with van der Waals surface area (Å²) in [6, 6.07) is 10.7. The SMILES string of the molecule is O=C(NC1CCN(CCc2ccccc2)CC1)NC1(CO)CCC1.